The van der Waals surface area contributed by atoms with Gasteiger partial charge in [-0.15, -0.1) is 0 Å². The third-order valence-corrected chi connectivity index (χ3v) is 7.52. The molecule has 0 bridgehead atoms. The van der Waals surface area contributed by atoms with E-state index in [1.807, 2.05) is 12.1 Å². The Hall–Kier alpha value is -3.76. The Bertz CT molecular complexity index is 1490. The lowest BCUT2D eigenvalue weighted by molar-refractivity contribution is 0.102. The molecule has 8 nitrogen and oxygen atoms in total. The molecule has 1 fully saturated rings. The van der Waals surface area contributed by atoms with E-state index in [9.17, 15) is 4.79 Å². The summed E-state index contributed by atoms with van der Waals surface area (Å²) >= 11 is 3.36. The van der Waals surface area contributed by atoms with Crippen LogP contribution in [0, 0.1) is 11.7 Å². The fourth-order valence-electron chi connectivity index (χ4n) is 4.54. The van der Waals surface area contributed by atoms with E-state index in [1.165, 1.54) is 12.4 Å². The summed E-state index contributed by atoms with van der Waals surface area (Å²) in [6.45, 7) is 2.75. The number of aromatic nitrogens is 2. The van der Waals surface area contributed by atoms with E-state index in [4.69, 9.17) is 9.47 Å². The number of carbonyl (C=O) groups is 1. The molecule has 5 rings (SSSR count). The minimum atomic E-state index is -0.545. The van der Waals surface area contributed by atoms with Crippen molar-refractivity contribution < 1.29 is 18.7 Å². The highest BCUT2D eigenvalue weighted by molar-refractivity contribution is 9.10. The highest BCUT2D eigenvalue weighted by atomic mass is 79.9. The highest BCUT2D eigenvalue weighted by Gasteiger charge is 2.19. The van der Waals surface area contributed by atoms with Gasteiger partial charge < -0.3 is 25.0 Å². The number of methoxy groups -OCH3 is 1. The van der Waals surface area contributed by atoms with Gasteiger partial charge >= 0.3 is 0 Å². The van der Waals surface area contributed by atoms with Gasteiger partial charge in [-0.05, 0) is 91.2 Å². The molecule has 1 amide bonds. The number of halogens is 2. The number of amides is 1. The zero-order valence-corrected chi connectivity index (χ0v) is 23.3. The quantitative estimate of drug-likeness (QED) is 0.249. The van der Waals surface area contributed by atoms with Crippen molar-refractivity contribution in [3.8, 4) is 11.5 Å². The Labute approximate surface area is 234 Å². The Kier molecular flexibility index (Phi) is 8.23. The van der Waals surface area contributed by atoms with Gasteiger partial charge in [-0.25, -0.2) is 14.4 Å². The van der Waals surface area contributed by atoms with Crippen LogP contribution in [0.1, 0.15) is 23.2 Å². The number of hydrogen-bond donors (Lipinski definition) is 2. The van der Waals surface area contributed by atoms with Crippen LogP contribution in [0.25, 0.3) is 10.9 Å². The molecule has 39 heavy (non-hydrogen) atoms. The van der Waals surface area contributed by atoms with Gasteiger partial charge in [0.15, 0.2) is 11.5 Å². The Balaban J connectivity index is 1.32. The number of rotatable bonds is 8. The molecule has 10 heteroatoms. The first-order valence-corrected chi connectivity index (χ1v) is 13.5. The fourth-order valence-corrected chi connectivity index (χ4v) is 5.00. The Morgan fingerprint density at radius 2 is 1.90 bits per heavy atom. The predicted molar refractivity (Wildman–Crippen MR) is 154 cm³/mol. The second kappa shape index (κ2) is 12.0. The summed E-state index contributed by atoms with van der Waals surface area (Å²) < 4.78 is 27.5. The van der Waals surface area contributed by atoms with Crippen molar-refractivity contribution in [3.05, 3.63) is 76.8 Å². The molecule has 0 radical (unpaired) electrons. The molecule has 1 saturated heterocycles. The first-order chi connectivity index (χ1) is 18.9. The number of benzene rings is 3. The molecule has 0 atom stereocenters. The molecule has 0 aliphatic carbocycles. The SMILES string of the molecule is COc1cc2c(Nc3ccc(NC(=O)c4ccccc4Br)cc3F)ncnc2cc1OCC1CCN(C)CC1. The summed E-state index contributed by atoms with van der Waals surface area (Å²) in [5, 5.41) is 6.43. The summed E-state index contributed by atoms with van der Waals surface area (Å²) in [6.07, 6.45) is 3.61. The molecule has 2 N–H and O–H groups in total. The first-order valence-electron chi connectivity index (χ1n) is 12.7. The third-order valence-electron chi connectivity index (χ3n) is 6.83. The van der Waals surface area contributed by atoms with E-state index >= 15 is 4.39 Å². The van der Waals surface area contributed by atoms with Crippen LogP contribution in [0.3, 0.4) is 0 Å². The normalized spacial score (nSPS) is 14.3. The average Bonchev–Trinajstić information content (AvgIpc) is 2.94. The first kappa shape index (κ1) is 26.8. The third kappa shape index (κ3) is 6.29. The van der Waals surface area contributed by atoms with E-state index in [2.05, 4.69) is 48.5 Å². The molecule has 0 unspecified atom stereocenters. The van der Waals surface area contributed by atoms with Crippen LogP contribution in [0.5, 0.6) is 11.5 Å². The van der Waals surface area contributed by atoms with Gasteiger partial charge in [0, 0.05) is 21.6 Å². The van der Waals surface area contributed by atoms with Crippen molar-refractivity contribution in [2.75, 3.05) is 44.5 Å². The summed E-state index contributed by atoms with van der Waals surface area (Å²) in [5.74, 6) is 1.20. The number of nitrogens with one attached hydrogen (secondary N) is 2. The largest absolute Gasteiger partial charge is 0.493 e. The van der Waals surface area contributed by atoms with Crippen molar-refractivity contribution in [1.29, 1.82) is 0 Å². The van der Waals surface area contributed by atoms with Crippen LogP contribution >= 0.6 is 15.9 Å². The molecule has 0 spiro atoms. The van der Waals surface area contributed by atoms with Gasteiger partial charge in [-0.3, -0.25) is 4.79 Å². The zero-order chi connectivity index (χ0) is 27.4. The maximum Gasteiger partial charge on any atom is 0.256 e. The highest BCUT2D eigenvalue weighted by Crippen LogP contribution is 2.36. The van der Waals surface area contributed by atoms with E-state index < -0.39 is 5.82 Å². The molecular weight excluding hydrogens is 565 g/mol. The molecular formula is C29H29BrFN5O3. The Morgan fingerprint density at radius 1 is 1.10 bits per heavy atom. The minimum absolute atomic E-state index is 0.204. The van der Waals surface area contributed by atoms with E-state index in [0.29, 0.717) is 56.5 Å². The molecule has 1 aromatic heterocycles. The maximum atomic E-state index is 15.1. The molecule has 4 aromatic rings. The maximum absolute atomic E-state index is 15.1. The summed E-state index contributed by atoms with van der Waals surface area (Å²) in [4.78, 5) is 23.6. The number of nitrogens with zero attached hydrogens (tertiary/aromatic N) is 3. The summed E-state index contributed by atoms with van der Waals surface area (Å²) in [6, 6.07) is 15.1. The van der Waals surface area contributed by atoms with Crippen molar-refractivity contribution in [1.82, 2.24) is 14.9 Å². The van der Waals surface area contributed by atoms with Crippen molar-refractivity contribution in [2.24, 2.45) is 5.92 Å². The topological polar surface area (TPSA) is 88.6 Å². The van der Waals surface area contributed by atoms with Gasteiger partial charge in [0.05, 0.1) is 30.5 Å². The minimum Gasteiger partial charge on any atom is -0.493 e. The monoisotopic (exact) mass is 593 g/mol. The van der Waals surface area contributed by atoms with Crippen LogP contribution in [0.15, 0.2) is 65.4 Å². The number of ether oxygens (including phenoxy) is 2. The molecule has 1 aliphatic heterocycles. The molecule has 3 aromatic carbocycles. The van der Waals surface area contributed by atoms with Crippen molar-refractivity contribution in [3.63, 3.8) is 0 Å². The molecule has 0 saturated carbocycles. The van der Waals surface area contributed by atoms with Crippen LogP contribution in [-0.4, -0.2) is 54.6 Å². The predicted octanol–water partition coefficient (Wildman–Crippen LogP) is 6.26. The molecule has 1 aliphatic rings. The number of fused-ring (bicyclic) bond motifs is 1. The lowest BCUT2D eigenvalue weighted by atomic mass is 9.98. The van der Waals surface area contributed by atoms with Crippen molar-refractivity contribution >= 4 is 49.9 Å². The number of likely N-dealkylation sites (tertiary alicyclic amines) is 1. The Morgan fingerprint density at radius 3 is 2.64 bits per heavy atom. The lowest BCUT2D eigenvalue weighted by Crippen LogP contribution is -2.32. The average molecular weight is 594 g/mol. The smallest absolute Gasteiger partial charge is 0.256 e. The van der Waals surface area contributed by atoms with Gasteiger partial charge in [0.2, 0.25) is 0 Å². The van der Waals surface area contributed by atoms with E-state index in [1.54, 1.807) is 43.5 Å². The number of hydrogen-bond acceptors (Lipinski definition) is 7. The van der Waals surface area contributed by atoms with Gasteiger partial charge in [0.25, 0.3) is 5.91 Å². The second-order valence-corrected chi connectivity index (χ2v) is 10.4. The van der Waals surface area contributed by atoms with Gasteiger partial charge in [-0.1, -0.05) is 12.1 Å². The standard InChI is InChI=1S/C29H29BrFN5O3/c1-36-11-9-18(10-12-36)16-39-27-15-25-21(14-26(27)38-2)28(33-17-32-25)35-24-8-7-19(13-23(24)31)34-29(37)20-5-3-4-6-22(20)30/h3-8,13-15,17-18H,9-12,16H2,1-2H3,(H,34,37)(H,32,33,35). The van der Waals surface area contributed by atoms with Crippen LogP contribution < -0.4 is 20.1 Å². The van der Waals surface area contributed by atoms with E-state index in [0.717, 1.165) is 25.9 Å². The molecule has 202 valence electrons. The zero-order valence-electron chi connectivity index (χ0n) is 21.7. The molecule has 2 heterocycles. The van der Waals surface area contributed by atoms with E-state index in [-0.39, 0.29) is 11.6 Å². The second-order valence-electron chi connectivity index (χ2n) is 9.55. The van der Waals surface area contributed by atoms with Gasteiger partial charge in [-0.2, -0.15) is 0 Å². The lowest BCUT2D eigenvalue weighted by Gasteiger charge is -2.28. The number of piperidine rings is 1. The van der Waals surface area contributed by atoms with Gasteiger partial charge in [0.1, 0.15) is 18.0 Å². The van der Waals surface area contributed by atoms with Crippen LogP contribution in [-0.2, 0) is 0 Å². The summed E-state index contributed by atoms with van der Waals surface area (Å²) in [5.41, 5.74) is 1.63. The number of anilines is 3. The fraction of sp³-hybridized carbons (Fsp3) is 0.276. The van der Waals surface area contributed by atoms with Crippen molar-refractivity contribution in [2.45, 2.75) is 12.8 Å². The summed E-state index contributed by atoms with van der Waals surface area (Å²) in [7, 11) is 3.72. The number of carbonyl (C=O) groups excluding carboxylic acids is 1. The van der Waals surface area contributed by atoms with Crippen LogP contribution in [0.2, 0.25) is 0 Å². The van der Waals surface area contributed by atoms with Crippen LogP contribution in [0.4, 0.5) is 21.6 Å².